The van der Waals surface area contributed by atoms with Crippen LogP contribution in [0.25, 0.3) is 10.9 Å². The predicted molar refractivity (Wildman–Crippen MR) is 95.4 cm³/mol. The lowest BCUT2D eigenvalue weighted by atomic mass is 9.99. The summed E-state index contributed by atoms with van der Waals surface area (Å²) >= 11 is 0. The smallest absolute Gasteiger partial charge is 0.255 e. The molecule has 1 aromatic carbocycles. The zero-order valence-electron chi connectivity index (χ0n) is 15.3. The van der Waals surface area contributed by atoms with Crippen molar-refractivity contribution in [3.05, 3.63) is 52.3 Å². The van der Waals surface area contributed by atoms with Crippen molar-refractivity contribution in [2.45, 2.75) is 41.2 Å². The Labute approximate surface area is 146 Å². The molecule has 6 heteroatoms. The Balaban J connectivity index is 2.08. The molecule has 1 amide bonds. The van der Waals surface area contributed by atoms with Gasteiger partial charge in [0.25, 0.3) is 5.91 Å². The molecule has 0 radical (unpaired) electrons. The fraction of sp³-hybridized carbons (Fsp3) is 0.368. The summed E-state index contributed by atoms with van der Waals surface area (Å²) in [6, 6.07) is 6.00. The second-order valence-electron chi connectivity index (χ2n) is 6.27. The van der Waals surface area contributed by atoms with Gasteiger partial charge in [-0.15, -0.1) is 0 Å². The molecule has 0 spiro atoms. The third-order valence-electron chi connectivity index (χ3n) is 4.41. The van der Waals surface area contributed by atoms with Crippen LogP contribution in [0.2, 0.25) is 0 Å². The van der Waals surface area contributed by atoms with E-state index >= 15 is 0 Å². The number of carbonyl (C=O) groups is 1. The van der Waals surface area contributed by atoms with Crippen LogP contribution in [0.15, 0.2) is 22.7 Å². The normalized spacial score (nSPS) is 11.1. The highest BCUT2D eigenvalue weighted by Crippen LogP contribution is 2.25. The van der Waals surface area contributed by atoms with E-state index < -0.39 is 0 Å². The molecule has 130 valence electrons. The van der Waals surface area contributed by atoms with Gasteiger partial charge in [-0.05, 0) is 45.4 Å². The van der Waals surface area contributed by atoms with E-state index in [1.807, 2.05) is 45.9 Å². The number of hydrogen-bond donors (Lipinski definition) is 0. The van der Waals surface area contributed by atoms with Gasteiger partial charge >= 0.3 is 0 Å². The molecule has 0 fully saturated rings. The van der Waals surface area contributed by atoms with Gasteiger partial charge in [-0.3, -0.25) is 9.78 Å². The quantitative estimate of drug-likeness (QED) is 0.728. The number of aromatic nitrogens is 3. The molecular weight excluding hydrogens is 316 g/mol. The van der Waals surface area contributed by atoms with E-state index in [0.717, 1.165) is 27.7 Å². The number of carbonyl (C=O) groups excluding carboxylic acids is 1. The largest absolute Gasteiger partial charge is 0.340 e. The maximum Gasteiger partial charge on any atom is 0.255 e. The van der Waals surface area contributed by atoms with E-state index in [4.69, 9.17) is 4.52 Å². The fourth-order valence-electron chi connectivity index (χ4n) is 2.93. The predicted octanol–water partition coefficient (Wildman–Crippen LogP) is 3.51. The number of rotatable bonds is 4. The molecule has 2 heterocycles. The van der Waals surface area contributed by atoms with Gasteiger partial charge in [-0.1, -0.05) is 16.8 Å². The minimum Gasteiger partial charge on any atom is -0.340 e. The lowest BCUT2D eigenvalue weighted by molar-refractivity contribution is 0.0748. The van der Waals surface area contributed by atoms with Crippen LogP contribution >= 0.6 is 0 Å². The average Bonchev–Trinajstić information content (AvgIpc) is 2.99. The monoisotopic (exact) mass is 338 g/mol. The summed E-state index contributed by atoms with van der Waals surface area (Å²) < 4.78 is 5.02. The SMILES string of the molecule is CCN(Cc1noc(C)n1)C(=O)c1c(C)c(C)nc2ccc(C)cc12. The first kappa shape index (κ1) is 17.1. The minimum absolute atomic E-state index is 0.0384. The molecule has 2 aromatic heterocycles. The molecule has 0 saturated heterocycles. The molecule has 0 atom stereocenters. The Morgan fingerprint density at radius 1 is 1.16 bits per heavy atom. The van der Waals surface area contributed by atoms with Crippen molar-refractivity contribution >= 4 is 16.8 Å². The summed E-state index contributed by atoms with van der Waals surface area (Å²) in [6.45, 7) is 10.5. The van der Waals surface area contributed by atoms with Gasteiger partial charge in [0.15, 0.2) is 5.82 Å². The molecule has 0 N–H and O–H groups in total. The molecule has 0 bridgehead atoms. The summed E-state index contributed by atoms with van der Waals surface area (Å²) in [4.78, 5) is 23.9. The van der Waals surface area contributed by atoms with E-state index in [-0.39, 0.29) is 5.91 Å². The maximum atomic E-state index is 13.3. The topological polar surface area (TPSA) is 72.1 Å². The lowest BCUT2D eigenvalue weighted by Crippen LogP contribution is -2.31. The van der Waals surface area contributed by atoms with Gasteiger partial charge in [0.2, 0.25) is 5.89 Å². The van der Waals surface area contributed by atoms with Crippen molar-refractivity contribution in [2.75, 3.05) is 6.54 Å². The van der Waals surface area contributed by atoms with Gasteiger partial charge in [-0.2, -0.15) is 4.98 Å². The third kappa shape index (κ3) is 3.24. The Bertz CT molecular complexity index is 946. The van der Waals surface area contributed by atoms with Gasteiger partial charge in [0, 0.05) is 24.5 Å². The van der Waals surface area contributed by atoms with Crippen molar-refractivity contribution < 1.29 is 9.32 Å². The first-order valence-corrected chi connectivity index (χ1v) is 8.36. The molecule has 0 aliphatic carbocycles. The highest BCUT2D eigenvalue weighted by molar-refractivity contribution is 6.07. The summed E-state index contributed by atoms with van der Waals surface area (Å²) in [5.41, 5.74) is 4.41. The average molecular weight is 338 g/mol. The van der Waals surface area contributed by atoms with E-state index in [9.17, 15) is 4.79 Å². The number of pyridine rings is 1. The number of nitrogens with zero attached hydrogens (tertiary/aromatic N) is 4. The summed E-state index contributed by atoms with van der Waals surface area (Å²) in [5.74, 6) is 0.968. The van der Waals surface area contributed by atoms with Crippen LogP contribution in [0.1, 0.15) is 45.8 Å². The van der Waals surface area contributed by atoms with Crippen LogP contribution in [0, 0.1) is 27.7 Å². The molecule has 3 rings (SSSR count). The van der Waals surface area contributed by atoms with Crippen molar-refractivity contribution in [2.24, 2.45) is 0 Å². The second-order valence-corrected chi connectivity index (χ2v) is 6.27. The first-order valence-electron chi connectivity index (χ1n) is 8.36. The molecular formula is C19H22N4O2. The number of benzene rings is 1. The van der Waals surface area contributed by atoms with Crippen molar-refractivity contribution in [1.29, 1.82) is 0 Å². The fourth-order valence-corrected chi connectivity index (χ4v) is 2.93. The van der Waals surface area contributed by atoms with Crippen LogP contribution in [0.5, 0.6) is 0 Å². The zero-order chi connectivity index (χ0) is 18.1. The van der Waals surface area contributed by atoms with Gasteiger partial charge in [0.05, 0.1) is 17.6 Å². The zero-order valence-corrected chi connectivity index (χ0v) is 15.3. The van der Waals surface area contributed by atoms with Gasteiger partial charge in [-0.25, -0.2) is 0 Å². The summed E-state index contributed by atoms with van der Waals surface area (Å²) in [6.07, 6.45) is 0. The molecule has 6 nitrogen and oxygen atoms in total. The molecule has 25 heavy (non-hydrogen) atoms. The molecule has 0 aliphatic heterocycles. The molecule has 0 aliphatic rings. The lowest BCUT2D eigenvalue weighted by Gasteiger charge is -2.22. The highest BCUT2D eigenvalue weighted by Gasteiger charge is 2.22. The highest BCUT2D eigenvalue weighted by atomic mass is 16.5. The minimum atomic E-state index is -0.0384. The third-order valence-corrected chi connectivity index (χ3v) is 4.41. The van der Waals surface area contributed by atoms with E-state index in [1.54, 1.807) is 11.8 Å². The van der Waals surface area contributed by atoms with Crippen molar-refractivity contribution in [3.8, 4) is 0 Å². The molecule has 0 saturated carbocycles. The summed E-state index contributed by atoms with van der Waals surface area (Å²) in [5, 5.41) is 4.79. The molecule has 3 aromatic rings. The van der Waals surface area contributed by atoms with Gasteiger partial charge in [0.1, 0.15) is 0 Å². The number of fused-ring (bicyclic) bond motifs is 1. The summed E-state index contributed by atoms with van der Waals surface area (Å²) in [7, 11) is 0. The number of amides is 1. The van der Waals surface area contributed by atoms with E-state index in [1.165, 1.54) is 0 Å². The van der Waals surface area contributed by atoms with E-state index in [2.05, 4.69) is 15.1 Å². The number of hydrogen-bond acceptors (Lipinski definition) is 5. The Hall–Kier alpha value is -2.76. The van der Waals surface area contributed by atoms with Gasteiger partial charge < -0.3 is 9.42 Å². The Morgan fingerprint density at radius 3 is 2.56 bits per heavy atom. The maximum absolute atomic E-state index is 13.3. The van der Waals surface area contributed by atoms with Crippen LogP contribution in [-0.4, -0.2) is 32.5 Å². The Morgan fingerprint density at radius 2 is 1.92 bits per heavy atom. The van der Waals surface area contributed by atoms with Crippen LogP contribution in [-0.2, 0) is 6.54 Å². The Kier molecular flexibility index (Phi) is 4.53. The van der Waals surface area contributed by atoms with Crippen molar-refractivity contribution in [1.82, 2.24) is 20.0 Å². The number of aryl methyl sites for hydroxylation is 3. The first-order chi connectivity index (χ1) is 11.9. The molecule has 0 unspecified atom stereocenters. The van der Waals surface area contributed by atoms with Crippen molar-refractivity contribution in [3.63, 3.8) is 0 Å². The second kappa shape index (κ2) is 6.63. The van der Waals surface area contributed by atoms with E-state index in [0.29, 0.717) is 30.4 Å². The van der Waals surface area contributed by atoms with Crippen LogP contribution in [0.4, 0.5) is 0 Å². The van der Waals surface area contributed by atoms with Crippen LogP contribution < -0.4 is 0 Å². The van der Waals surface area contributed by atoms with Crippen LogP contribution in [0.3, 0.4) is 0 Å². The standard InChI is InChI=1S/C19H22N4O2/c1-6-23(10-17-21-14(5)25-22-17)19(24)18-12(3)13(4)20-16-8-7-11(2)9-15(16)18/h7-9H,6,10H2,1-5H3.